The molecule has 0 saturated carbocycles. The van der Waals surface area contributed by atoms with E-state index in [1.807, 2.05) is 11.8 Å². The number of hydrogen-bond donors (Lipinski definition) is 2. The van der Waals surface area contributed by atoms with E-state index in [9.17, 15) is 13.2 Å². The van der Waals surface area contributed by atoms with Gasteiger partial charge in [-0.25, -0.2) is 0 Å². The molecule has 2 N–H and O–H groups in total. The fraction of sp³-hybridized carbons (Fsp3) is 0.941. The lowest BCUT2D eigenvalue weighted by Gasteiger charge is -2.32. The van der Waals surface area contributed by atoms with Gasteiger partial charge >= 0.3 is 6.18 Å². The van der Waals surface area contributed by atoms with Crippen molar-refractivity contribution in [3.05, 3.63) is 0 Å². The van der Waals surface area contributed by atoms with Crippen LogP contribution >= 0.6 is 11.8 Å². The summed E-state index contributed by atoms with van der Waals surface area (Å²) in [6, 6.07) is 0. The molecule has 0 aliphatic carbocycles. The maximum atomic E-state index is 12.4. The molecule has 0 aromatic carbocycles. The minimum Gasteiger partial charge on any atom is -0.357 e. The fourth-order valence-corrected chi connectivity index (χ4v) is 4.58. The zero-order valence-corrected chi connectivity index (χ0v) is 15.9. The number of halogens is 3. The van der Waals surface area contributed by atoms with E-state index < -0.39 is 12.7 Å². The molecule has 25 heavy (non-hydrogen) atoms. The average molecular weight is 381 g/mol. The summed E-state index contributed by atoms with van der Waals surface area (Å²) in [6.07, 6.45) is 1.16. The van der Waals surface area contributed by atoms with Crippen molar-refractivity contribution in [2.45, 2.75) is 50.5 Å². The number of piperidine rings is 1. The van der Waals surface area contributed by atoms with E-state index >= 15 is 0 Å². The first-order valence-electron chi connectivity index (χ1n) is 9.39. The summed E-state index contributed by atoms with van der Waals surface area (Å²) < 4.78 is 37.2. The lowest BCUT2D eigenvalue weighted by Crippen LogP contribution is -2.41. The van der Waals surface area contributed by atoms with Crippen LogP contribution in [0.25, 0.3) is 0 Å². The minimum atomic E-state index is -4.08. The molecule has 2 saturated heterocycles. The van der Waals surface area contributed by atoms with Crippen LogP contribution in [0.5, 0.6) is 0 Å². The van der Waals surface area contributed by atoms with E-state index in [0.717, 1.165) is 44.9 Å². The van der Waals surface area contributed by atoms with Gasteiger partial charge in [0.05, 0.1) is 13.1 Å². The van der Waals surface area contributed by atoms with Crippen molar-refractivity contribution in [2.75, 3.05) is 45.0 Å². The first-order valence-corrected chi connectivity index (χ1v) is 10.4. The van der Waals surface area contributed by atoms with Crippen LogP contribution in [0, 0.1) is 5.92 Å². The number of thioether (sulfide) groups is 1. The van der Waals surface area contributed by atoms with Gasteiger partial charge in [0.25, 0.3) is 0 Å². The van der Waals surface area contributed by atoms with Gasteiger partial charge in [-0.15, -0.1) is 0 Å². The highest BCUT2D eigenvalue weighted by Gasteiger charge is 2.32. The number of hydrogen-bond acceptors (Lipinski definition) is 3. The Kier molecular flexibility index (Phi) is 8.69. The van der Waals surface area contributed by atoms with Gasteiger partial charge in [-0.2, -0.15) is 24.9 Å². The molecule has 4 nitrogen and oxygen atoms in total. The number of rotatable bonds is 7. The molecule has 2 heterocycles. The van der Waals surface area contributed by atoms with Crippen molar-refractivity contribution in [3.8, 4) is 0 Å². The third-order valence-corrected chi connectivity index (χ3v) is 6.16. The second-order valence-electron chi connectivity index (χ2n) is 6.90. The zero-order chi connectivity index (χ0) is 18.1. The molecule has 1 atom stereocenters. The summed E-state index contributed by atoms with van der Waals surface area (Å²) >= 11 is 2.01. The third-order valence-electron chi connectivity index (χ3n) is 4.78. The normalized spacial score (nSPS) is 23.8. The smallest absolute Gasteiger partial charge is 0.357 e. The van der Waals surface area contributed by atoms with Crippen LogP contribution in [0.3, 0.4) is 0 Å². The maximum Gasteiger partial charge on any atom is 0.401 e. The second-order valence-corrected chi connectivity index (χ2v) is 8.31. The number of guanidine groups is 1. The quantitative estimate of drug-likeness (QED) is 0.526. The molecular weight excluding hydrogens is 349 g/mol. The molecule has 0 spiro atoms. The van der Waals surface area contributed by atoms with Crippen LogP contribution in [0.2, 0.25) is 0 Å². The molecule has 0 bridgehead atoms. The summed E-state index contributed by atoms with van der Waals surface area (Å²) in [5.41, 5.74) is 0. The second kappa shape index (κ2) is 10.5. The summed E-state index contributed by atoms with van der Waals surface area (Å²) in [5, 5.41) is 7.30. The standard InChI is InChI=1S/C17H31F3N4S/c1-2-21-16(23-12-15-4-3-11-25-15)22-8-5-14-6-9-24(10-7-14)13-17(18,19)20/h14-15H,2-13H2,1H3,(H2,21,22,23). The van der Waals surface area contributed by atoms with Gasteiger partial charge in [-0.1, -0.05) is 0 Å². The predicted molar refractivity (Wildman–Crippen MR) is 99.3 cm³/mol. The Morgan fingerprint density at radius 1 is 1.20 bits per heavy atom. The van der Waals surface area contributed by atoms with E-state index in [2.05, 4.69) is 22.5 Å². The molecule has 8 heteroatoms. The van der Waals surface area contributed by atoms with Gasteiger partial charge in [-0.3, -0.25) is 9.89 Å². The highest BCUT2D eigenvalue weighted by atomic mass is 32.2. The SMILES string of the molecule is CCNC(=NCC1CCCS1)NCCC1CCN(CC(F)(F)F)CC1. The molecule has 0 aromatic rings. The van der Waals surface area contributed by atoms with Crippen LogP contribution in [0.4, 0.5) is 13.2 Å². The first kappa shape index (κ1) is 20.7. The Morgan fingerprint density at radius 2 is 1.96 bits per heavy atom. The van der Waals surface area contributed by atoms with E-state index in [0.29, 0.717) is 24.3 Å². The van der Waals surface area contributed by atoms with Gasteiger partial charge in [0.1, 0.15) is 0 Å². The number of nitrogens with one attached hydrogen (secondary N) is 2. The van der Waals surface area contributed by atoms with E-state index in [-0.39, 0.29) is 0 Å². The average Bonchev–Trinajstić information content (AvgIpc) is 3.06. The van der Waals surface area contributed by atoms with Crippen molar-refractivity contribution in [3.63, 3.8) is 0 Å². The van der Waals surface area contributed by atoms with Gasteiger partial charge in [0.2, 0.25) is 0 Å². The molecule has 2 rings (SSSR count). The zero-order valence-electron chi connectivity index (χ0n) is 15.1. The summed E-state index contributed by atoms with van der Waals surface area (Å²) in [7, 11) is 0. The molecule has 0 aromatic heterocycles. The maximum absolute atomic E-state index is 12.4. The Balaban J connectivity index is 1.63. The molecule has 2 aliphatic heterocycles. The van der Waals surface area contributed by atoms with Crippen molar-refractivity contribution >= 4 is 17.7 Å². The third kappa shape index (κ3) is 8.53. The Bertz CT molecular complexity index is 403. The van der Waals surface area contributed by atoms with E-state index in [1.165, 1.54) is 23.5 Å². The largest absolute Gasteiger partial charge is 0.401 e. The van der Waals surface area contributed by atoms with Crippen molar-refractivity contribution in [1.82, 2.24) is 15.5 Å². The lowest BCUT2D eigenvalue weighted by molar-refractivity contribution is -0.148. The molecule has 146 valence electrons. The van der Waals surface area contributed by atoms with Gasteiger partial charge < -0.3 is 10.6 Å². The van der Waals surface area contributed by atoms with Crippen LogP contribution in [-0.4, -0.2) is 67.3 Å². The summed E-state index contributed by atoms with van der Waals surface area (Å²) in [4.78, 5) is 6.19. The van der Waals surface area contributed by atoms with Gasteiger partial charge in [-0.05, 0) is 63.8 Å². The van der Waals surface area contributed by atoms with Crippen LogP contribution in [0.15, 0.2) is 4.99 Å². The lowest BCUT2D eigenvalue weighted by atomic mass is 9.93. The predicted octanol–water partition coefficient (Wildman–Crippen LogP) is 3.10. The summed E-state index contributed by atoms with van der Waals surface area (Å²) in [5.74, 6) is 2.62. The van der Waals surface area contributed by atoms with Crippen LogP contribution in [-0.2, 0) is 0 Å². The first-order chi connectivity index (χ1) is 12.0. The molecule has 2 aliphatic rings. The fourth-order valence-electron chi connectivity index (χ4n) is 3.40. The van der Waals surface area contributed by atoms with E-state index in [1.54, 1.807) is 0 Å². The number of likely N-dealkylation sites (tertiary alicyclic amines) is 1. The Hall–Kier alpha value is -0.630. The van der Waals surface area contributed by atoms with Crippen LogP contribution in [0.1, 0.15) is 39.0 Å². The number of aliphatic imine (C=N–C) groups is 1. The molecule has 0 amide bonds. The van der Waals surface area contributed by atoms with Crippen molar-refractivity contribution in [2.24, 2.45) is 10.9 Å². The summed E-state index contributed by atoms with van der Waals surface area (Å²) in [6.45, 7) is 4.91. The number of alkyl halides is 3. The minimum absolute atomic E-state index is 0.505. The van der Waals surface area contributed by atoms with Gasteiger partial charge in [0, 0.05) is 18.3 Å². The van der Waals surface area contributed by atoms with Gasteiger partial charge in [0.15, 0.2) is 5.96 Å². The van der Waals surface area contributed by atoms with Crippen molar-refractivity contribution in [1.29, 1.82) is 0 Å². The Morgan fingerprint density at radius 3 is 2.56 bits per heavy atom. The van der Waals surface area contributed by atoms with Crippen LogP contribution < -0.4 is 10.6 Å². The Labute approximate surface area is 153 Å². The molecule has 0 radical (unpaired) electrons. The molecular formula is C17H31F3N4S. The monoisotopic (exact) mass is 380 g/mol. The molecule has 2 fully saturated rings. The van der Waals surface area contributed by atoms with Crippen molar-refractivity contribution < 1.29 is 13.2 Å². The number of nitrogens with zero attached hydrogens (tertiary/aromatic N) is 2. The molecule has 1 unspecified atom stereocenters. The highest BCUT2D eigenvalue weighted by Crippen LogP contribution is 2.26. The highest BCUT2D eigenvalue weighted by molar-refractivity contribution is 8.00. The topological polar surface area (TPSA) is 39.7 Å². The van der Waals surface area contributed by atoms with E-state index in [4.69, 9.17) is 0 Å².